The highest BCUT2D eigenvalue weighted by Gasteiger charge is 2.18. The van der Waals surface area contributed by atoms with Crippen LogP contribution in [0.5, 0.6) is 0 Å². The van der Waals surface area contributed by atoms with E-state index in [1.807, 2.05) is 30.3 Å². The molecule has 0 heterocycles. The SMILES string of the molecule is N#CCCN(CCC#N)C(=O)c1ccc2c(c1)CCC2. The van der Waals surface area contributed by atoms with E-state index < -0.39 is 0 Å². The van der Waals surface area contributed by atoms with Crippen molar-refractivity contribution in [3.63, 3.8) is 0 Å². The maximum atomic E-state index is 12.5. The summed E-state index contributed by atoms with van der Waals surface area (Å²) in [4.78, 5) is 14.1. The van der Waals surface area contributed by atoms with Crippen LogP contribution in [-0.4, -0.2) is 23.9 Å². The predicted octanol–water partition coefficient (Wildman–Crippen LogP) is 2.44. The Bertz CT molecular complexity index is 562. The summed E-state index contributed by atoms with van der Waals surface area (Å²) in [5.41, 5.74) is 3.26. The van der Waals surface area contributed by atoms with Gasteiger partial charge in [0.25, 0.3) is 5.91 Å². The van der Waals surface area contributed by atoms with Gasteiger partial charge in [0.1, 0.15) is 0 Å². The second-order valence-electron chi connectivity index (χ2n) is 4.95. The maximum absolute atomic E-state index is 12.5. The summed E-state index contributed by atoms with van der Waals surface area (Å²) in [5, 5.41) is 17.3. The van der Waals surface area contributed by atoms with Crippen LogP contribution < -0.4 is 0 Å². The zero-order valence-electron chi connectivity index (χ0n) is 11.4. The molecule has 1 aliphatic rings. The minimum Gasteiger partial charge on any atom is -0.337 e. The average Bonchev–Trinajstić information content (AvgIpc) is 2.94. The molecule has 0 aromatic heterocycles. The van der Waals surface area contributed by atoms with Crippen LogP contribution >= 0.6 is 0 Å². The molecule has 20 heavy (non-hydrogen) atoms. The molecule has 0 atom stereocenters. The normalized spacial score (nSPS) is 12.3. The summed E-state index contributed by atoms with van der Waals surface area (Å²) in [6.07, 6.45) is 3.87. The molecule has 0 fully saturated rings. The Balaban J connectivity index is 2.14. The van der Waals surface area contributed by atoms with Gasteiger partial charge in [0, 0.05) is 18.7 Å². The van der Waals surface area contributed by atoms with Crippen LogP contribution in [0, 0.1) is 22.7 Å². The van der Waals surface area contributed by atoms with Gasteiger partial charge in [0.2, 0.25) is 0 Å². The zero-order valence-corrected chi connectivity index (χ0v) is 11.4. The van der Waals surface area contributed by atoms with Crippen molar-refractivity contribution in [3.05, 3.63) is 34.9 Å². The lowest BCUT2D eigenvalue weighted by Crippen LogP contribution is -2.32. The molecule has 1 aromatic carbocycles. The molecule has 1 aromatic rings. The van der Waals surface area contributed by atoms with Crippen molar-refractivity contribution >= 4 is 5.91 Å². The number of rotatable bonds is 5. The van der Waals surface area contributed by atoms with Gasteiger partial charge in [-0.25, -0.2) is 0 Å². The van der Waals surface area contributed by atoms with Crippen LogP contribution in [0.2, 0.25) is 0 Å². The van der Waals surface area contributed by atoms with Gasteiger partial charge < -0.3 is 4.90 Å². The van der Waals surface area contributed by atoms with E-state index in [2.05, 4.69) is 0 Å². The Hall–Kier alpha value is -2.33. The number of carbonyl (C=O) groups is 1. The lowest BCUT2D eigenvalue weighted by molar-refractivity contribution is 0.0762. The highest BCUT2D eigenvalue weighted by molar-refractivity contribution is 5.94. The summed E-state index contributed by atoms with van der Waals surface area (Å²) in [5.74, 6) is -0.0785. The zero-order chi connectivity index (χ0) is 14.4. The Morgan fingerprint density at radius 3 is 2.40 bits per heavy atom. The Labute approximate surface area is 119 Å². The fraction of sp³-hybridized carbons (Fsp3) is 0.438. The number of nitrogens with zero attached hydrogens (tertiary/aromatic N) is 3. The van der Waals surface area contributed by atoms with E-state index in [4.69, 9.17) is 10.5 Å². The first-order chi connectivity index (χ1) is 9.76. The van der Waals surface area contributed by atoms with Crippen LogP contribution in [0.4, 0.5) is 0 Å². The van der Waals surface area contributed by atoms with Crippen molar-refractivity contribution in [1.29, 1.82) is 10.5 Å². The first-order valence-corrected chi connectivity index (χ1v) is 6.91. The van der Waals surface area contributed by atoms with E-state index in [9.17, 15) is 4.79 Å². The van der Waals surface area contributed by atoms with Crippen LogP contribution in [0.15, 0.2) is 18.2 Å². The largest absolute Gasteiger partial charge is 0.337 e. The molecule has 2 rings (SSSR count). The fourth-order valence-electron chi connectivity index (χ4n) is 2.57. The van der Waals surface area contributed by atoms with Gasteiger partial charge in [-0.3, -0.25) is 4.79 Å². The first-order valence-electron chi connectivity index (χ1n) is 6.91. The maximum Gasteiger partial charge on any atom is 0.253 e. The molecule has 4 heteroatoms. The van der Waals surface area contributed by atoms with Gasteiger partial charge in [-0.2, -0.15) is 10.5 Å². The number of hydrogen-bond acceptors (Lipinski definition) is 3. The third-order valence-electron chi connectivity index (χ3n) is 3.62. The minimum absolute atomic E-state index is 0.0785. The molecule has 0 aliphatic heterocycles. The molecule has 1 aliphatic carbocycles. The van der Waals surface area contributed by atoms with E-state index in [1.54, 1.807) is 4.90 Å². The topological polar surface area (TPSA) is 67.9 Å². The van der Waals surface area contributed by atoms with E-state index in [0.717, 1.165) is 19.3 Å². The Kier molecular flexibility index (Phi) is 4.74. The number of fused-ring (bicyclic) bond motifs is 1. The lowest BCUT2D eigenvalue weighted by atomic mass is 10.1. The molecule has 0 radical (unpaired) electrons. The molecule has 0 saturated heterocycles. The standard InChI is InChI=1S/C16H17N3O/c17-8-2-10-19(11-3-9-18)16(20)15-7-6-13-4-1-5-14(13)12-15/h6-7,12H,1-5,10-11H2. The van der Waals surface area contributed by atoms with Crippen molar-refractivity contribution < 1.29 is 4.79 Å². The fourth-order valence-corrected chi connectivity index (χ4v) is 2.57. The molecule has 0 spiro atoms. The smallest absolute Gasteiger partial charge is 0.253 e. The predicted molar refractivity (Wildman–Crippen MR) is 74.8 cm³/mol. The molecule has 4 nitrogen and oxygen atoms in total. The highest BCUT2D eigenvalue weighted by atomic mass is 16.2. The van der Waals surface area contributed by atoms with Crippen molar-refractivity contribution in [2.45, 2.75) is 32.1 Å². The van der Waals surface area contributed by atoms with Gasteiger partial charge >= 0.3 is 0 Å². The lowest BCUT2D eigenvalue weighted by Gasteiger charge is -2.20. The summed E-state index contributed by atoms with van der Waals surface area (Å²) in [6, 6.07) is 9.95. The number of amides is 1. The monoisotopic (exact) mass is 267 g/mol. The molecular formula is C16H17N3O. The molecule has 0 N–H and O–H groups in total. The van der Waals surface area contributed by atoms with Crippen molar-refractivity contribution in [2.24, 2.45) is 0 Å². The quantitative estimate of drug-likeness (QED) is 0.822. The third-order valence-corrected chi connectivity index (χ3v) is 3.62. The minimum atomic E-state index is -0.0785. The highest BCUT2D eigenvalue weighted by Crippen LogP contribution is 2.23. The summed E-state index contributed by atoms with van der Waals surface area (Å²) in [7, 11) is 0. The van der Waals surface area contributed by atoms with Gasteiger partial charge in [0.05, 0.1) is 25.0 Å². The second-order valence-corrected chi connectivity index (χ2v) is 4.95. The van der Waals surface area contributed by atoms with Gasteiger partial charge in [-0.15, -0.1) is 0 Å². The summed E-state index contributed by atoms with van der Waals surface area (Å²) < 4.78 is 0. The summed E-state index contributed by atoms with van der Waals surface area (Å²) >= 11 is 0. The third kappa shape index (κ3) is 3.16. The number of nitriles is 2. The van der Waals surface area contributed by atoms with Crippen molar-refractivity contribution in [1.82, 2.24) is 4.90 Å². The van der Waals surface area contributed by atoms with Crippen LogP contribution in [0.1, 0.15) is 40.7 Å². The van der Waals surface area contributed by atoms with Crippen LogP contribution in [0.25, 0.3) is 0 Å². The van der Waals surface area contributed by atoms with Crippen molar-refractivity contribution in [3.8, 4) is 12.1 Å². The van der Waals surface area contributed by atoms with Crippen LogP contribution in [-0.2, 0) is 12.8 Å². The van der Waals surface area contributed by atoms with Gasteiger partial charge in [-0.05, 0) is 42.5 Å². The number of benzene rings is 1. The van der Waals surface area contributed by atoms with E-state index in [1.165, 1.54) is 11.1 Å². The molecule has 0 saturated carbocycles. The van der Waals surface area contributed by atoms with Gasteiger partial charge in [-0.1, -0.05) is 6.07 Å². The number of hydrogen-bond donors (Lipinski definition) is 0. The van der Waals surface area contributed by atoms with Gasteiger partial charge in [0.15, 0.2) is 0 Å². The number of carbonyl (C=O) groups excluding carboxylic acids is 1. The molecular weight excluding hydrogens is 250 g/mol. The first kappa shape index (κ1) is 14.1. The molecule has 0 bridgehead atoms. The molecule has 0 unspecified atom stereocenters. The molecule has 102 valence electrons. The number of aryl methyl sites for hydroxylation is 2. The van der Waals surface area contributed by atoms with E-state index in [-0.39, 0.29) is 5.91 Å². The second kappa shape index (κ2) is 6.73. The molecule has 1 amide bonds. The Morgan fingerprint density at radius 1 is 1.10 bits per heavy atom. The van der Waals surface area contributed by atoms with E-state index in [0.29, 0.717) is 31.5 Å². The van der Waals surface area contributed by atoms with Crippen LogP contribution in [0.3, 0.4) is 0 Å². The summed E-state index contributed by atoms with van der Waals surface area (Å²) in [6.45, 7) is 0.766. The Morgan fingerprint density at radius 2 is 1.75 bits per heavy atom. The van der Waals surface area contributed by atoms with E-state index >= 15 is 0 Å². The van der Waals surface area contributed by atoms with Crippen molar-refractivity contribution in [2.75, 3.05) is 13.1 Å². The average molecular weight is 267 g/mol.